The molecule has 7 heteroatoms. The molecule has 0 spiro atoms. The highest BCUT2D eigenvalue weighted by atomic mass is 19.4. The van der Waals surface area contributed by atoms with Gasteiger partial charge in [0.1, 0.15) is 11.8 Å². The molecule has 2 N–H and O–H groups in total. The Balaban J connectivity index is 2.19. The van der Waals surface area contributed by atoms with E-state index >= 15 is 0 Å². The highest BCUT2D eigenvalue weighted by molar-refractivity contribution is 5.26. The first-order valence-corrected chi connectivity index (χ1v) is 6.59. The van der Waals surface area contributed by atoms with Gasteiger partial charge in [0.25, 0.3) is 0 Å². The number of rotatable bonds is 4. The molecular formula is C13H18F3N3O. The second-order valence-corrected chi connectivity index (χ2v) is 4.79. The standard InChI is InChI=1S/C13H18F3N3O/c1-17-8-9-6-11(13(14,15)16)19-12(7-9)20-10-2-4-18-5-3-10/h6-7,10,17-18H,2-5,8H2,1H3. The summed E-state index contributed by atoms with van der Waals surface area (Å²) in [5.74, 6) is 0.0528. The maximum atomic E-state index is 12.8. The number of halogens is 3. The molecule has 1 aromatic heterocycles. The van der Waals surface area contributed by atoms with E-state index in [0.29, 0.717) is 12.1 Å². The third-order valence-electron chi connectivity index (χ3n) is 3.11. The molecule has 1 aliphatic heterocycles. The molecule has 0 unspecified atom stereocenters. The lowest BCUT2D eigenvalue weighted by Crippen LogP contribution is -2.34. The summed E-state index contributed by atoms with van der Waals surface area (Å²) < 4.78 is 44.1. The summed E-state index contributed by atoms with van der Waals surface area (Å²) in [5, 5.41) is 6.01. The van der Waals surface area contributed by atoms with Gasteiger partial charge < -0.3 is 15.4 Å². The average molecular weight is 289 g/mol. The Morgan fingerprint density at radius 1 is 1.35 bits per heavy atom. The topological polar surface area (TPSA) is 46.2 Å². The van der Waals surface area contributed by atoms with E-state index in [1.165, 1.54) is 0 Å². The van der Waals surface area contributed by atoms with Crippen molar-refractivity contribution in [1.29, 1.82) is 0 Å². The number of pyridine rings is 1. The average Bonchev–Trinajstić information content (AvgIpc) is 2.39. The Morgan fingerprint density at radius 2 is 2.05 bits per heavy atom. The molecule has 0 bridgehead atoms. The van der Waals surface area contributed by atoms with Crippen LogP contribution in [0.15, 0.2) is 12.1 Å². The van der Waals surface area contributed by atoms with Gasteiger partial charge in [0, 0.05) is 12.6 Å². The number of ether oxygens (including phenoxy) is 1. The van der Waals surface area contributed by atoms with Crippen molar-refractivity contribution in [2.75, 3.05) is 20.1 Å². The maximum absolute atomic E-state index is 12.8. The van der Waals surface area contributed by atoms with Gasteiger partial charge in [-0.25, -0.2) is 4.98 Å². The molecule has 0 radical (unpaired) electrons. The zero-order valence-electron chi connectivity index (χ0n) is 11.3. The molecule has 20 heavy (non-hydrogen) atoms. The van der Waals surface area contributed by atoms with Crippen LogP contribution in [0.4, 0.5) is 13.2 Å². The van der Waals surface area contributed by atoms with Crippen LogP contribution < -0.4 is 15.4 Å². The van der Waals surface area contributed by atoms with Crippen molar-refractivity contribution in [1.82, 2.24) is 15.6 Å². The zero-order valence-corrected chi connectivity index (χ0v) is 11.3. The van der Waals surface area contributed by atoms with Crippen LogP contribution in [0.3, 0.4) is 0 Å². The quantitative estimate of drug-likeness (QED) is 0.889. The van der Waals surface area contributed by atoms with Crippen molar-refractivity contribution in [2.45, 2.75) is 31.7 Å². The van der Waals surface area contributed by atoms with E-state index in [4.69, 9.17) is 4.74 Å². The maximum Gasteiger partial charge on any atom is 0.433 e. The molecule has 112 valence electrons. The smallest absolute Gasteiger partial charge is 0.433 e. The normalized spacial score (nSPS) is 17.2. The van der Waals surface area contributed by atoms with Gasteiger partial charge in [0.15, 0.2) is 0 Å². The Morgan fingerprint density at radius 3 is 2.65 bits per heavy atom. The van der Waals surface area contributed by atoms with Gasteiger partial charge in [0.2, 0.25) is 5.88 Å². The molecule has 0 aromatic carbocycles. The fourth-order valence-corrected chi connectivity index (χ4v) is 2.15. The van der Waals surface area contributed by atoms with Crippen LogP contribution in [0, 0.1) is 0 Å². The third-order valence-corrected chi connectivity index (χ3v) is 3.11. The molecule has 0 amide bonds. The molecule has 0 aliphatic carbocycles. The van der Waals surface area contributed by atoms with Gasteiger partial charge >= 0.3 is 6.18 Å². The summed E-state index contributed by atoms with van der Waals surface area (Å²) in [6.07, 6.45) is -2.98. The number of nitrogens with one attached hydrogen (secondary N) is 2. The molecule has 0 saturated carbocycles. The van der Waals surface area contributed by atoms with Crippen LogP contribution in [0.2, 0.25) is 0 Å². The van der Waals surface area contributed by atoms with E-state index in [1.807, 2.05) is 0 Å². The van der Waals surface area contributed by atoms with Crippen molar-refractivity contribution < 1.29 is 17.9 Å². The van der Waals surface area contributed by atoms with E-state index in [-0.39, 0.29) is 12.0 Å². The van der Waals surface area contributed by atoms with Gasteiger partial charge in [-0.2, -0.15) is 13.2 Å². The number of nitrogens with zero attached hydrogens (tertiary/aromatic N) is 1. The lowest BCUT2D eigenvalue weighted by atomic mass is 10.1. The van der Waals surface area contributed by atoms with E-state index in [0.717, 1.165) is 32.0 Å². The van der Waals surface area contributed by atoms with Gasteiger partial charge in [-0.15, -0.1) is 0 Å². The first-order chi connectivity index (χ1) is 9.49. The molecule has 1 aliphatic rings. The monoisotopic (exact) mass is 289 g/mol. The number of piperidine rings is 1. The predicted octanol–water partition coefficient (Wildman–Crippen LogP) is 1.95. The highest BCUT2D eigenvalue weighted by Gasteiger charge is 2.33. The zero-order chi connectivity index (χ0) is 14.6. The molecule has 2 heterocycles. The number of hydrogen-bond acceptors (Lipinski definition) is 4. The van der Waals surface area contributed by atoms with Crippen LogP contribution >= 0.6 is 0 Å². The Labute approximate surface area is 115 Å². The lowest BCUT2D eigenvalue weighted by Gasteiger charge is -2.23. The Hall–Kier alpha value is -1.34. The fourth-order valence-electron chi connectivity index (χ4n) is 2.15. The fraction of sp³-hybridized carbons (Fsp3) is 0.615. The van der Waals surface area contributed by atoms with Crippen LogP contribution in [-0.2, 0) is 12.7 Å². The Bertz CT molecular complexity index is 445. The van der Waals surface area contributed by atoms with E-state index in [2.05, 4.69) is 15.6 Å². The van der Waals surface area contributed by atoms with Gasteiger partial charge in [0.05, 0.1) is 0 Å². The lowest BCUT2D eigenvalue weighted by molar-refractivity contribution is -0.141. The molecular weight excluding hydrogens is 271 g/mol. The van der Waals surface area contributed by atoms with Crippen molar-refractivity contribution in [3.05, 3.63) is 23.4 Å². The summed E-state index contributed by atoms with van der Waals surface area (Å²) >= 11 is 0. The summed E-state index contributed by atoms with van der Waals surface area (Å²) in [5.41, 5.74) is -0.395. The van der Waals surface area contributed by atoms with Crippen molar-refractivity contribution in [3.63, 3.8) is 0 Å². The van der Waals surface area contributed by atoms with Crippen molar-refractivity contribution in [2.24, 2.45) is 0 Å². The summed E-state index contributed by atoms with van der Waals surface area (Å²) in [6, 6.07) is 2.61. The second kappa shape index (κ2) is 6.41. The molecule has 0 atom stereocenters. The molecule has 2 rings (SSSR count). The predicted molar refractivity (Wildman–Crippen MR) is 68.5 cm³/mol. The van der Waals surface area contributed by atoms with Crippen LogP contribution in [0.5, 0.6) is 5.88 Å². The summed E-state index contributed by atoms with van der Waals surface area (Å²) in [7, 11) is 1.68. The second-order valence-electron chi connectivity index (χ2n) is 4.79. The summed E-state index contributed by atoms with van der Waals surface area (Å²) in [4.78, 5) is 3.59. The SMILES string of the molecule is CNCc1cc(OC2CCNCC2)nc(C(F)(F)F)c1. The van der Waals surface area contributed by atoms with Crippen molar-refractivity contribution in [3.8, 4) is 5.88 Å². The molecule has 1 fully saturated rings. The first-order valence-electron chi connectivity index (χ1n) is 6.59. The van der Waals surface area contributed by atoms with E-state index in [9.17, 15) is 13.2 Å². The van der Waals surface area contributed by atoms with Gasteiger partial charge in [-0.05, 0) is 44.6 Å². The van der Waals surface area contributed by atoms with Gasteiger partial charge in [-0.3, -0.25) is 0 Å². The Kier molecular flexibility index (Phi) is 4.82. The van der Waals surface area contributed by atoms with Crippen LogP contribution in [0.25, 0.3) is 0 Å². The highest BCUT2D eigenvalue weighted by Crippen LogP contribution is 2.30. The molecule has 1 saturated heterocycles. The minimum atomic E-state index is -4.46. The summed E-state index contributed by atoms with van der Waals surface area (Å²) in [6.45, 7) is 1.97. The largest absolute Gasteiger partial charge is 0.474 e. The van der Waals surface area contributed by atoms with Crippen molar-refractivity contribution >= 4 is 0 Å². The van der Waals surface area contributed by atoms with E-state index < -0.39 is 11.9 Å². The number of aromatic nitrogens is 1. The molecule has 4 nitrogen and oxygen atoms in total. The number of alkyl halides is 3. The third kappa shape index (κ3) is 4.08. The number of hydrogen-bond donors (Lipinski definition) is 2. The van der Waals surface area contributed by atoms with Crippen LogP contribution in [0.1, 0.15) is 24.1 Å². The van der Waals surface area contributed by atoms with E-state index in [1.54, 1.807) is 13.1 Å². The molecule has 1 aromatic rings. The van der Waals surface area contributed by atoms with Crippen LogP contribution in [-0.4, -0.2) is 31.2 Å². The minimum Gasteiger partial charge on any atom is -0.474 e. The first kappa shape index (κ1) is 15.1. The minimum absolute atomic E-state index is 0.0528. The van der Waals surface area contributed by atoms with Gasteiger partial charge in [-0.1, -0.05) is 0 Å².